The van der Waals surface area contributed by atoms with Crippen LogP contribution in [0.4, 0.5) is 0 Å². The van der Waals surface area contributed by atoms with E-state index in [1.54, 1.807) is 0 Å². The number of hydrogen-bond donors (Lipinski definition) is 0. The maximum atomic E-state index is 12.8. The number of morpholine rings is 1. The average molecular weight is 457 g/mol. The molecule has 2 amide bonds. The average Bonchev–Trinajstić information content (AvgIpc) is 2.64. The lowest BCUT2D eigenvalue weighted by Gasteiger charge is -2.36. The Balaban J connectivity index is 1.53. The van der Waals surface area contributed by atoms with E-state index in [0.717, 1.165) is 27.8 Å². The molecule has 7 heteroatoms. The molecule has 0 atom stereocenters. The van der Waals surface area contributed by atoms with E-state index in [1.807, 2.05) is 34.9 Å². The van der Waals surface area contributed by atoms with Gasteiger partial charge >= 0.3 is 0 Å². The van der Waals surface area contributed by atoms with Crippen LogP contribution in [0.15, 0.2) is 18.2 Å². The van der Waals surface area contributed by atoms with Gasteiger partial charge in [0.25, 0.3) is 5.91 Å². The van der Waals surface area contributed by atoms with E-state index >= 15 is 0 Å². The Labute approximate surface area is 162 Å². The highest BCUT2D eigenvalue weighted by molar-refractivity contribution is 14.1. The van der Waals surface area contributed by atoms with Crippen molar-refractivity contribution < 1.29 is 14.3 Å². The number of halogens is 1. The molecule has 2 aliphatic heterocycles. The number of amides is 2. The monoisotopic (exact) mass is 457 g/mol. The normalized spacial score (nSPS) is 19.1. The van der Waals surface area contributed by atoms with E-state index in [2.05, 4.69) is 27.5 Å². The molecule has 6 nitrogen and oxygen atoms in total. The number of carbonyl (C=O) groups is 2. The molecule has 3 rings (SSSR count). The Bertz CT molecular complexity index is 638. The molecule has 0 aromatic heterocycles. The summed E-state index contributed by atoms with van der Waals surface area (Å²) in [4.78, 5) is 31.1. The standard InChI is InChI=1S/C18H24IN3O3/c1-14-3-2-4-15(17(14)19)18(24)22-7-5-21(6-8-22)16(23)13-20-9-11-25-12-10-20/h2-4H,5-13H2,1H3. The second-order valence-corrected chi connectivity index (χ2v) is 7.58. The van der Waals surface area contributed by atoms with E-state index in [9.17, 15) is 9.59 Å². The third-order valence-corrected chi connectivity index (χ3v) is 6.24. The Morgan fingerprint density at radius 2 is 1.68 bits per heavy atom. The van der Waals surface area contributed by atoms with Gasteiger partial charge in [-0.3, -0.25) is 14.5 Å². The number of aryl methyl sites for hydroxylation is 1. The van der Waals surface area contributed by atoms with Crippen LogP contribution < -0.4 is 0 Å². The van der Waals surface area contributed by atoms with Crippen molar-refractivity contribution in [1.82, 2.24) is 14.7 Å². The summed E-state index contributed by atoms with van der Waals surface area (Å²) in [5, 5.41) is 0. The summed E-state index contributed by atoms with van der Waals surface area (Å²) in [6.07, 6.45) is 0. The van der Waals surface area contributed by atoms with Gasteiger partial charge in [0.05, 0.1) is 25.3 Å². The molecule has 2 aliphatic rings. The summed E-state index contributed by atoms with van der Waals surface area (Å²) >= 11 is 2.23. The summed E-state index contributed by atoms with van der Waals surface area (Å²) in [5.41, 5.74) is 1.87. The van der Waals surface area contributed by atoms with Crippen LogP contribution in [0.1, 0.15) is 15.9 Å². The van der Waals surface area contributed by atoms with Gasteiger partial charge in [0, 0.05) is 42.8 Å². The van der Waals surface area contributed by atoms with E-state index in [-0.39, 0.29) is 11.8 Å². The first-order valence-electron chi connectivity index (χ1n) is 8.68. The minimum Gasteiger partial charge on any atom is -0.379 e. The predicted molar refractivity (Wildman–Crippen MR) is 104 cm³/mol. The van der Waals surface area contributed by atoms with Crippen molar-refractivity contribution in [3.05, 3.63) is 32.9 Å². The summed E-state index contributed by atoms with van der Waals surface area (Å²) in [7, 11) is 0. The molecule has 0 saturated carbocycles. The molecule has 2 heterocycles. The topological polar surface area (TPSA) is 53.1 Å². The molecule has 0 unspecified atom stereocenters. The van der Waals surface area contributed by atoms with Crippen molar-refractivity contribution in [2.75, 3.05) is 59.0 Å². The molecular weight excluding hydrogens is 433 g/mol. The van der Waals surface area contributed by atoms with Gasteiger partial charge in [-0.05, 0) is 41.1 Å². The van der Waals surface area contributed by atoms with Crippen molar-refractivity contribution >= 4 is 34.4 Å². The van der Waals surface area contributed by atoms with Crippen molar-refractivity contribution in [3.8, 4) is 0 Å². The predicted octanol–water partition coefficient (Wildman–Crippen LogP) is 1.22. The summed E-state index contributed by atoms with van der Waals surface area (Å²) in [6.45, 7) is 7.90. The second kappa shape index (κ2) is 8.46. The Morgan fingerprint density at radius 1 is 1.04 bits per heavy atom. The number of piperazine rings is 1. The molecular formula is C18H24IN3O3. The van der Waals surface area contributed by atoms with Gasteiger partial charge in [-0.15, -0.1) is 0 Å². The van der Waals surface area contributed by atoms with E-state index in [0.29, 0.717) is 45.9 Å². The van der Waals surface area contributed by atoms with E-state index in [4.69, 9.17) is 4.74 Å². The molecule has 2 saturated heterocycles. The molecule has 0 aliphatic carbocycles. The van der Waals surface area contributed by atoms with E-state index in [1.165, 1.54) is 0 Å². The number of ether oxygens (including phenoxy) is 1. The number of benzene rings is 1. The number of carbonyl (C=O) groups excluding carboxylic acids is 2. The van der Waals surface area contributed by atoms with Crippen LogP contribution in [0, 0.1) is 10.5 Å². The van der Waals surface area contributed by atoms with Crippen LogP contribution in [-0.2, 0) is 9.53 Å². The van der Waals surface area contributed by atoms with Crippen LogP contribution in [0.2, 0.25) is 0 Å². The van der Waals surface area contributed by atoms with Crippen molar-refractivity contribution in [1.29, 1.82) is 0 Å². The molecule has 136 valence electrons. The maximum Gasteiger partial charge on any atom is 0.255 e. The maximum absolute atomic E-state index is 12.8. The van der Waals surface area contributed by atoms with Gasteiger partial charge in [0.15, 0.2) is 0 Å². The second-order valence-electron chi connectivity index (χ2n) is 6.50. The lowest BCUT2D eigenvalue weighted by Crippen LogP contribution is -2.53. The molecule has 1 aromatic carbocycles. The smallest absolute Gasteiger partial charge is 0.255 e. The van der Waals surface area contributed by atoms with Gasteiger partial charge in [-0.1, -0.05) is 12.1 Å². The fourth-order valence-electron chi connectivity index (χ4n) is 3.19. The van der Waals surface area contributed by atoms with Gasteiger partial charge in [-0.25, -0.2) is 0 Å². The SMILES string of the molecule is Cc1cccc(C(=O)N2CCN(C(=O)CN3CCOCC3)CC2)c1I. The first kappa shape index (κ1) is 18.6. The van der Waals surface area contributed by atoms with Gasteiger partial charge in [0.2, 0.25) is 5.91 Å². The molecule has 0 spiro atoms. The number of rotatable bonds is 3. The largest absolute Gasteiger partial charge is 0.379 e. The van der Waals surface area contributed by atoms with Gasteiger partial charge in [0.1, 0.15) is 0 Å². The Hall–Kier alpha value is -1.19. The van der Waals surface area contributed by atoms with Crippen LogP contribution in [0.25, 0.3) is 0 Å². The number of nitrogens with zero attached hydrogens (tertiary/aromatic N) is 3. The summed E-state index contributed by atoms with van der Waals surface area (Å²) in [6, 6.07) is 5.82. The molecule has 25 heavy (non-hydrogen) atoms. The van der Waals surface area contributed by atoms with Crippen molar-refractivity contribution in [2.24, 2.45) is 0 Å². The highest BCUT2D eigenvalue weighted by atomic mass is 127. The van der Waals surface area contributed by atoms with Gasteiger partial charge in [-0.2, -0.15) is 0 Å². The minimum atomic E-state index is 0.0633. The van der Waals surface area contributed by atoms with Crippen LogP contribution in [0.3, 0.4) is 0 Å². The van der Waals surface area contributed by atoms with Crippen molar-refractivity contribution in [3.63, 3.8) is 0 Å². The first-order valence-corrected chi connectivity index (χ1v) is 9.76. The van der Waals surface area contributed by atoms with Crippen LogP contribution in [-0.4, -0.2) is 85.5 Å². The fourth-order valence-corrected chi connectivity index (χ4v) is 3.78. The van der Waals surface area contributed by atoms with Crippen LogP contribution in [0.5, 0.6) is 0 Å². The zero-order valence-corrected chi connectivity index (χ0v) is 16.7. The highest BCUT2D eigenvalue weighted by Crippen LogP contribution is 2.19. The zero-order chi connectivity index (χ0) is 17.8. The zero-order valence-electron chi connectivity index (χ0n) is 14.5. The summed E-state index contributed by atoms with van der Waals surface area (Å²) in [5.74, 6) is 0.215. The highest BCUT2D eigenvalue weighted by Gasteiger charge is 2.27. The van der Waals surface area contributed by atoms with Gasteiger partial charge < -0.3 is 14.5 Å². The molecule has 1 aromatic rings. The van der Waals surface area contributed by atoms with Crippen LogP contribution >= 0.6 is 22.6 Å². The third kappa shape index (κ3) is 4.51. The van der Waals surface area contributed by atoms with Crippen molar-refractivity contribution in [2.45, 2.75) is 6.92 Å². The number of hydrogen-bond acceptors (Lipinski definition) is 4. The molecule has 0 bridgehead atoms. The molecule has 0 N–H and O–H groups in total. The Morgan fingerprint density at radius 3 is 2.36 bits per heavy atom. The fraction of sp³-hybridized carbons (Fsp3) is 0.556. The third-order valence-electron chi connectivity index (χ3n) is 4.80. The molecule has 2 fully saturated rings. The quantitative estimate of drug-likeness (QED) is 0.641. The lowest BCUT2D eigenvalue weighted by molar-refractivity contribution is -0.134. The molecule has 0 radical (unpaired) electrons. The minimum absolute atomic E-state index is 0.0633. The Kier molecular flexibility index (Phi) is 6.29. The lowest BCUT2D eigenvalue weighted by atomic mass is 10.1. The van der Waals surface area contributed by atoms with E-state index < -0.39 is 0 Å². The summed E-state index contributed by atoms with van der Waals surface area (Å²) < 4.78 is 6.33. The first-order chi connectivity index (χ1) is 12.1.